The topological polar surface area (TPSA) is 161 Å². The molecule has 0 radical (unpaired) electrons. The van der Waals surface area contributed by atoms with E-state index in [9.17, 15) is 25.1 Å². The molecule has 0 unspecified atom stereocenters. The number of nitrogens with zero attached hydrogens (tertiary/aromatic N) is 3. The number of carbonyl (C=O) groups is 1. The molecule has 10 heteroatoms. The van der Waals surface area contributed by atoms with Gasteiger partial charge in [0.05, 0.1) is 11.1 Å². The number of aliphatic hydroxyl groups excluding tert-OH is 1. The summed E-state index contributed by atoms with van der Waals surface area (Å²) >= 11 is 0. The number of aliphatic hydroxyl groups is 1. The van der Waals surface area contributed by atoms with E-state index in [1.807, 2.05) is 0 Å². The smallest absolute Gasteiger partial charge is 0.280 e. The highest BCUT2D eigenvalue weighted by Gasteiger charge is 2.16. The number of anilines is 1. The Balaban J connectivity index is 2.33. The van der Waals surface area contributed by atoms with Crippen molar-refractivity contribution in [1.29, 1.82) is 5.41 Å². The molecule has 0 aliphatic heterocycles. The largest absolute Gasteiger partial charge is 0.506 e. The molecule has 26 heavy (non-hydrogen) atoms. The van der Waals surface area contributed by atoms with E-state index in [1.54, 1.807) is 30.3 Å². The molecule has 0 saturated carbocycles. The number of allylic oxidation sites excluding steroid dienone is 1. The summed E-state index contributed by atoms with van der Waals surface area (Å²) in [6.07, 6.45) is 0.492. The molecule has 0 fully saturated rings. The van der Waals surface area contributed by atoms with E-state index in [1.165, 1.54) is 0 Å². The number of phenols is 1. The fourth-order valence-corrected chi connectivity index (χ4v) is 1.80. The minimum absolute atomic E-state index is 0.276. The third-order valence-electron chi connectivity index (χ3n) is 3.05. The number of nitro groups is 1. The second-order valence-electron chi connectivity index (χ2n) is 4.83. The predicted octanol–water partition coefficient (Wildman–Crippen LogP) is 3.44. The molecule has 0 heterocycles. The molecule has 0 aromatic heterocycles. The Morgan fingerprint density at radius 2 is 1.92 bits per heavy atom. The van der Waals surface area contributed by atoms with Crippen molar-refractivity contribution in [2.24, 2.45) is 10.2 Å². The number of hydrogen-bond donors (Lipinski definition) is 4. The van der Waals surface area contributed by atoms with Crippen LogP contribution < -0.4 is 5.32 Å². The van der Waals surface area contributed by atoms with Gasteiger partial charge in [0, 0.05) is 17.8 Å². The minimum atomic E-state index is -0.856. The van der Waals surface area contributed by atoms with E-state index < -0.39 is 28.0 Å². The first-order valence-electron chi connectivity index (χ1n) is 7.11. The van der Waals surface area contributed by atoms with Gasteiger partial charge in [-0.15, -0.1) is 10.2 Å². The predicted molar refractivity (Wildman–Crippen MR) is 92.8 cm³/mol. The van der Waals surface area contributed by atoms with Gasteiger partial charge in [0.1, 0.15) is 11.4 Å². The number of para-hydroxylation sites is 1. The van der Waals surface area contributed by atoms with Crippen molar-refractivity contribution in [1.82, 2.24) is 0 Å². The SMILES string of the molecule is N=C/C(O)=C(/N=Nc1cc([N+](=O)[O-])ccc1O)C(=O)Nc1ccccc1. The maximum Gasteiger partial charge on any atom is 0.280 e. The summed E-state index contributed by atoms with van der Waals surface area (Å²) in [6.45, 7) is 0. The van der Waals surface area contributed by atoms with Crippen molar-refractivity contribution in [2.75, 3.05) is 5.32 Å². The molecular weight excluding hydrogens is 342 g/mol. The van der Waals surface area contributed by atoms with Crippen LogP contribution in [0.4, 0.5) is 17.1 Å². The van der Waals surface area contributed by atoms with E-state index in [0.29, 0.717) is 11.9 Å². The van der Waals surface area contributed by atoms with E-state index in [0.717, 1.165) is 18.2 Å². The monoisotopic (exact) mass is 355 g/mol. The summed E-state index contributed by atoms with van der Waals surface area (Å²) in [7, 11) is 0. The van der Waals surface area contributed by atoms with Gasteiger partial charge in [0.15, 0.2) is 11.5 Å². The molecule has 4 N–H and O–H groups in total. The summed E-state index contributed by atoms with van der Waals surface area (Å²) in [5.74, 6) is -2.03. The van der Waals surface area contributed by atoms with Crippen LogP contribution in [0.5, 0.6) is 5.75 Å². The number of non-ortho nitro benzene ring substituents is 1. The van der Waals surface area contributed by atoms with Crippen LogP contribution in [0.1, 0.15) is 0 Å². The number of phenolic OH excluding ortho intramolecular Hbond substituents is 1. The van der Waals surface area contributed by atoms with Crippen molar-refractivity contribution in [2.45, 2.75) is 0 Å². The van der Waals surface area contributed by atoms with Gasteiger partial charge in [-0.3, -0.25) is 14.9 Å². The Morgan fingerprint density at radius 3 is 2.54 bits per heavy atom. The van der Waals surface area contributed by atoms with Gasteiger partial charge >= 0.3 is 0 Å². The molecule has 0 aliphatic carbocycles. The van der Waals surface area contributed by atoms with Crippen LogP contribution in [0.2, 0.25) is 0 Å². The van der Waals surface area contributed by atoms with Gasteiger partial charge in [-0.25, -0.2) is 0 Å². The molecule has 2 rings (SSSR count). The summed E-state index contributed by atoms with van der Waals surface area (Å²) in [4.78, 5) is 22.3. The standard InChI is InChI=1S/C16H13N5O5/c17-9-14(23)15(16(24)18-10-4-2-1-3-5-10)20-19-12-8-11(21(25)26)6-7-13(12)22/h1-9,17,22-23H,(H,18,24)/b15-14-,17-9?,20-19?. The van der Waals surface area contributed by atoms with E-state index in [2.05, 4.69) is 15.5 Å². The van der Waals surface area contributed by atoms with Crippen LogP contribution in [-0.4, -0.2) is 27.3 Å². The highest BCUT2D eigenvalue weighted by atomic mass is 16.6. The molecule has 0 spiro atoms. The highest BCUT2D eigenvalue weighted by molar-refractivity contribution is 6.06. The number of hydrogen-bond acceptors (Lipinski definition) is 8. The number of benzene rings is 2. The molecule has 2 aromatic carbocycles. The maximum atomic E-state index is 12.2. The van der Waals surface area contributed by atoms with Crippen molar-refractivity contribution in [3.05, 3.63) is 70.1 Å². The van der Waals surface area contributed by atoms with Crippen LogP contribution in [0.15, 0.2) is 70.2 Å². The summed E-state index contributed by atoms with van der Waals surface area (Å²) in [5, 5.41) is 46.8. The molecule has 0 aliphatic rings. The summed E-state index contributed by atoms with van der Waals surface area (Å²) < 4.78 is 0. The molecule has 2 aromatic rings. The lowest BCUT2D eigenvalue weighted by Crippen LogP contribution is -2.15. The Labute approximate surface area is 146 Å². The lowest BCUT2D eigenvalue weighted by atomic mass is 10.2. The maximum absolute atomic E-state index is 12.2. The third-order valence-corrected chi connectivity index (χ3v) is 3.05. The van der Waals surface area contributed by atoms with Gasteiger partial charge in [-0.2, -0.15) is 0 Å². The molecule has 1 amide bonds. The molecule has 0 bridgehead atoms. The summed E-state index contributed by atoms with van der Waals surface area (Å²) in [6, 6.07) is 11.4. The number of carbonyl (C=O) groups excluding carboxylic acids is 1. The first-order valence-corrected chi connectivity index (χ1v) is 7.11. The number of nitrogens with one attached hydrogen (secondary N) is 2. The van der Waals surface area contributed by atoms with Crippen LogP contribution in [-0.2, 0) is 4.79 Å². The van der Waals surface area contributed by atoms with Crippen LogP contribution in [0, 0.1) is 15.5 Å². The number of nitro benzene ring substituents is 1. The molecular formula is C16H13N5O5. The van der Waals surface area contributed by atoms with E-state index in [-0.39, 0.29) is 11.4 Å². The average molecular weight is 355 g/mol. The summed E-state index contributed by atoms with van der Waals surface area (Å²) in [5.41, 5.74) is -0.801. The number of aromatic hydroxyl groups is 1. The van der Waals surface area contributed by atoms with E-state index in [4.69, 9.17) is 5.41 Å². The molecule has 0 saturated heterocycles. The Morgan fingerprint density at radius 1 is 1.23 bits per heavy atom. The van der Waals surface area contributed by atoms with Gasteiger partial charge in [-0.05, 0) is 18.2 Å². The Hall–Kier alpha value is -4.08. The van der Waals surface area contributed by atoms with Crippen LogP contribution >= 0.6 is 0 Å². The quantitative estimate of drug-likeness (QED) is 0.156. The zero-order valence-corrected chi connectivity index (χ0v) is 13.2. The van der Waals surface area contributed by atoms with Crippen LogP contribution in [0.25, 0.3) is 0 Å². The van der Waals surface area contributed by atoms with Crippen LogP contribution in [0.3, 0.4) is 0 Å². The number of amides is 1. The molecule has 0 atom stereocenters. The molecule has 10 nitrogen and oxygen atoms in total. The van der Waals surface area contributed by atoms with Crippen molar-refractivity contribution >= 4 is 29.2 Å². The highest BCUT2D eigenvalue weighted by Crippen LogP contribution is 2.31. The Bertz CT molecular complexity index is 909. The zero-order chi connectivity index (χ0) is 19.1. The average Bonchev–Trinajstić information content (AvgIpc) is 2.63. The van der Waals surface area contributed by atoms with E-state index >= 15 is 0 Å². The van der Waals surface area contributed by atoms with Crippen molar-refractivity contribution < 1.29 is 19.9 Å². The minimum Gasteiger partial charge on any atom is -0.506 e. The van der Waals surface area contributed by atoms with Crippen molar-refractivity contribution in [3.63, 3.8) is 0 Å². The fraction of sp³-hybridized carbons (Fsp3) is 0. The van der Waals surface area contributed by atoms with Gasteiger partial charge in [-0.1, -0.05) is 18.2 Å². The fourth-order valence-electron chi connectivity index (χ4n) is 1.80. The third kappa shape index (κ3) is 4.47. The molecule has 132 valence electrons. The van der Waals surface area contributed by atoms with Crippen molar-refractivity contribution in [3.8, 4) is 5.75 Å². The van der Waals surface area contributed by atoms with Gasteiger partial charge in [0.25, 0.3) is 11.6 Å². The number of azo groups is 1. The second-order valence-corrected chi connectivity index (χ2v) is 4.83. The van der Waals surface area contributed by atoms with Gasteiger partial charge < -0.3 is 20.9 Å². The second kappa shape index (κ2) is 8.15. The first-order chi connectivity index (χ1) is 12.4. The lowest BCUT2D eigenvalue weighted by molar-refractivity contribution is -0.384. The van der Waals surface area contributed by atoms with Gasteiger partial charge in [0.2, 0.25) is 0 Å². The lowest BCUT2D eigenvalue weighted by Gasteiger charge is -2.05. The first kappa shape index (κ1) is 18.3. The number of rotatable bonds is 6. The normalized spacial score (nSPS) is 11.7. The zero-order valence-electron chi connectivity index (χ0n) is 13.2. The Kier molecular flexibility index (Phi) is 5.72.